The summed E-state index contributed by atoms with van der Waals surface area (Å²) in [5.41, 5.74) is 6.20. The van der Waals surface area contributed by atoms with E-state index in [2.05, 4.69) is 34.6 Å². The van der Waals surface area contributed by atoms with E-state index in [1.807, 2.05) is 48.5 Å². The molecule has 0 radical (unpaired) electrons. The Kier molecular flexibility index (Phi) is 4.65. The van der Waals surface area contributed by atoms with E-state index in [1.165, 1.54) is 5.56 Å². The summed E-state index contributed by atoms with van der Waals surface area (Å²) < 4.78 is 2.13. The molecule has 0 bridgehead atoms. The van der Waals surface area contributed by atoms with Gasteiger partial charge in [-0.3, -0.25) is 10.0 Å². The Morgan fingerprint density at radius 3 is 2.35 bits per heavy atom. The van der Waals surface area contributed by atoms with Crippen LogP contribution in [0.3, 0.4) is 0 Å². The summed E-state index contributed by atoms with van der Waals surface area (Å²) in [4.78, 5) is 13.0. The van der Waals surface area contributed by atoms with Crippen molar-refractivity contribution in [2.45, 2.75) is 17.4 Å². The predicted molar refractivity (Wildman–Crippen MR) is 104 cm³/mol. The average Bonchev–Trinajstić information content (AvgIpc) is 3.07. The second-order valence-electron chi connectivity index (χ2n) is 6.13. The van der Waals surface area contributed by atoms with E-state index in [4.69, 9.17) is 5.21 Å². The highest BCUT2D eigenvalue weighted by Crippen LogP contribution is 2.49. The third-order valence-electron chi connectivity index (χ3n) is 4.47. The molecule has 0 saturated heterocycles. The van der Waals surface area contributed by atoms with Crippen molar-refractivity contribution in [1.82, 2.24) is 5.48 Å². The third-order valence-corrected chi connectivity index (χ3v) is 5.69. The lowest BCUT2D eigenvalue weighted by atomic mass is 9.98. The van der Waals surface area contributed by atoms with E-state index < -0.39 is 5.91 Å². The molecule has 4 nitrogen and oxygen atoms in total. The van der Waals surface area contributed by atoms with E-state index in [-0.39, 0.29) is 12.5 Å². The Balaban J connectivity index is 1.73. The second-order valence-corrected chi connectivity index (χ2v) is 7.14. The first-order valence-corrected chi connectivity index (χ1v) is 9.18. The lowest BCUT2D eigenvalue weighted by molar-refractivity contribution is -0.129. The fourth-order valence-corrected chi connectivity index (χ4v) is 4.46. The number of carbonyl (C=O) groups excluding carboxylic acids is 1. The first-order valence-electron chi connectivity index (χ1n) is 8.41. The van der Waals surface area contributed by atoms with Crippen LogP contribution in [0.1, 0.15) is 18.0 Å². The molecule has 130 valence electrons. The molecule has 3 aromatic rings. The van der Waals surface area contributed by atoms with Gasteiger partial charge >= 0.3 is 0 Å². The van der Waals surface area contributed by atoms with E-state index >= 15 is 0 Å². The van der Waals surface area contributed by atoms with Crippen LogP contribution in [0.4, 0.5) is 5.69 Å². The molecule has 5 heteroatoms. The summed E-state index contributed by atoms with van der Waals surface area (Å²) in [7, 11) is 0. The maximum Gasteiger partial charge on any atom is 0.245 e. The molecule has 2 N–H and O–H groups in total. The summed E-state index contributed by atoms with van der Waals surface area (Å²) in [5.74, 6) is -0.392. The lowest BCUT2D eigenvalue weighted by Gasteiger charge is -2.24. The number of fused-ring (bicyclic) bond motifs is 1. The molecule has 1 atom stereocenters. The number of anilines is 1. The van der Waals surface area contributed by atoms with Gasteiger partial charge in [-0.1, -0.05) is 60.7 Å². The molecule has 4 rings (SSSR count). The van der Waals surface area contributed by atoms with Crippen LogP contribution >= 0.6 is 11.9 Å². The van der Waals surface area contributed by atoms with Crippen LogP contribution in [-0.2, 0) is 4.79 Å². The molecule has 1 unspecified atom stereocenters. The number of rotatable bonds is 4. The minimum absolute atomic E-state index is 0.130. The van der Waals surface area contributed by atoms with Gasteiger partial charge in [-0.25, -0.2) is 5.48 Å². The number of carbonyl (C=O) groups is 1. The third kappa shape index (κ3) is 3.19. The second kappa shape index (κ2) is 7.23. The summed E-state index contributed by atoms with van der Waals surface area (Å²) in [6.07, 6.45) is 0.191. The molecule has 0 aliphatic carbocycles. The first kappa shape index (κ1) is 16.7. The Morgan fingerprint density at radius 1 is 0.962 bits per heavy atom. The average molecular weight is 362 g/mol. The van der Waals surface area contributed by atoms with E-state index in [1.54, 1.807) is 17.4 Å². The summed E-state index contributed by atoms with van der Waals surface area (Å²) >= 11 is 1.63. The minimum Gasteiger partial charge on any atom is -0.304 e. The summed E-state index contributed by atoms with van der Waals surface area (Å²) in [6, 6.07) is 26.5. The lowest BCUT2D eigenvalue weighted by Crippen LogP contribution is -2.26. The SMILES string of the molecule is O=C(CC1c2ccc(-c3ccccc3)cc2SN1c1ccccc1)NO. The van der Waals surface area contributed by atoms with Gasteiger partial charge < -0.3 is 4.31 Å². The Hall–Kier alpha value is -2.76. The van der Waals surface area contributed by atoms with Crippen molar-refractivity contribution in [3.8, 4) is 11.1 Å². The van der Waals surface area contributed by atoms with Gasteiger partial charge in [0.05, 0.1) is 12.5 Å². The van der Waals surface area contributed by atoms with Crippen LogP contribution in [-0.4, -0.2) is 11.1 Å². The standard InChI is InChI=1S/C21H18N2O2S/c24-21(22-25)14-19-18-12-11-16(15-7-3-1-4-8-15)13-20(18)26-23(19)17-9-5-2-6-10-17/h1-13,19,25H,14H2,(H,22,24). The zero-order valence-electron chi connectivity index (χ0n) is 14.0. The molecule has 0 aromatic heterocycles. The van der Waals surface area contributed by atoms with Gasteiger partial charge in [0.15, 0.2) is 0 Å². The largest absolute Gasteiger partial charge is 0.304 e. The Bertz CT molecular complexity index is 916. The van der Waals surface area contributed by atoms with Crippen LogP contribution in [0.25, 0.3) is 11.1 Å². The molecule has 0 saturated carbocycles. The monoisotopic (exact) mass is 362 g/mol. The van der Waals surface area contributed by atoms with Crippen molar-refractivity contribution in [3.63, 3.8) is 0 Å². The van der Waals surface area contributed by atoms with Crippen molar-refractivity contribution < 1.29 is 10.0 Å². The number of para-hydroxylation sites is 1. The normalized spacial score (nSPS) is 15.6. The molecule has 3 aromatic carbocycles. The highest BCUT2D eigenvalue weighted by atomic mass is 32.2. The molecule has 1 aliphatic heterocycles. The molecular formula is C21H18N2O2S. The Labute approximate surface area is 156 Å². The molecule has 0 fully saturated rings. The van der Waals surface area contributed by atoms with E-state index in [0.29, 0.717) is 0 Å². The van der Waals surface area contributed by atoms with Crippen LogP contribution < -0.4 is 9.79 Å². The van der Waals surface area contributed by atoms with Gasteiger partial charge in [0, 0.05) is 10.6 Å². The predicted octanol–water partition coefficient (Wildman–Crippen LogP) is 4.82. The summed E-state index contributed by atoms with van der Waals surface area (Å²) in [5, 5.41) is 8.97. The van der Waals surface area contributed by atoms with E-state index in [9.17, 15) is 4.79 Å². The number of hydroxylamine groups is 1. The van der Waals surface area contributed by atoms with Gasteiger partial charge in [-0.15, -0.1) is 0 Å². The molecule has 1 aliphatic rings. The van der Waals surface area contributed by atoms with Crippen LogP contribution in [0.15, 0.2) is 83.8 Å². The summed E-state index contributed by atoms with van der Waals surface area (Å²) in [6.45, 7) is 0. The van der Waals surface area contributed by atoms with E-state index in [0.717, 1.165) is 21.7 Å². The molecule has 1 heterocycles. The smallest absolute Gasteiger partial charge is 0.245 e. The first-order chi connectivity index (χ1) is 12.8. The zero-order chi connectivity index (χ0) is 17.9. The molecule has 0 spiro atoms. The highest BCUT2D eigenvalue weighted by Gasteiger charge is 2.33. The number of amides is 1. The number of hydrogen-bond donors (Lipinski definition) is 2. The Morgan fingerprint density at radius 2 is 1.65 bits per heavy atom. The van der Waals surface area contributed by atoms with Crippen molar-refractivity contribution >= 4 is 23.5 Å². The number of nitrogens with one attached hydrogen (secondary N) is 1. The maximum atomic E-state index is 11.8. The van der Waals surface area contributed by atoms with Crippen LogP contribution in [0.2, 0.25) is 0 Å². The fourth-order valence-electron chi connectivity index (χ4n) is 3.22. The minimum atomic E-state index is -0.392. The van der Waals surface area contributed by atoms with Gasteiger partial charge in [0.2, 0.25) is 5.91 Å². The topological polar surface area (TPSA) is 52.6 Å². The molecule has 1 amide bonds. The highest BCUT2D eigenvalue weighted by molar-refractivity contribution is 8.01. The quantitative estimate of drug-likeness (QED) is 0.397. The van der Waals surface area contributed by atoms with Crippen molar-refractivity contribution in [3.05, 3.63) is 84.4 Å². The van der Waals surface area contributed by atoms with Gasteiger partial charge in [-0.2, -0.15) is 0 Å². The number of nitrogens with zero attached hydrogens (tertiary/aromatic N) is 1. The molecular weight excluding hydrogens is 344 g/mol. The van der Waals surface area contributed by atoms with Crippen LogP contribution in [0, 0.1) is 0 Å². The fraction of sp³-hybridized carbons (Fsp3) is 0.0952. The number of hydrogen-bond acceptors (Lipinski definition) is 4. The van der Waals surface area contributed by atoms with Gasteiger partial charge in [0.1, 0.15) is 0 Å². The maximum absolute atomic E-state index is 11.8. The number of benzene rings is 3. The zero-order valence-corrected chi connectivity index (χ0v) is 14.8. The molecule has 26 heavy (non-hydrogen) atoms. The van der Waals surface area contributed by atoms with Gasteiger partial charge in [-0.05, 0) is 46.8 Å². The van der Waals surface area contributed by atoms with Gasteiger partial charge in [0.25, 0.3) is 0 Å². The van der Waals surface area contributed by atoms with Crippen molar-refractivity contribution in [2.75, 3.05) is 4.31 Å². The van der Waals surface area contributed by atoms with Crippen molar-refractivity contribution in [1.29, 1.82) is 0 Å². The van der Waals surface area contributed by atoms with Crippen molar-refractivity contribution in [2.24, 2.45) is 0 Å². The van der Waals surface area contributed by atoms with Crippen LogP contribution in [0.5, 0.6) is 0 Å².